The van der Waals surface area contributed by atoms with Crippen LogP contribution in [0.15, 0.2) is 54.6 Å². The maximum atomic E-state index is 5.73. The molecule has 0 aromatic heterocycles. The molecule has 0 amide bonds. The minimum atomic E-state index is 0.721. The van der Waals surface area contributed by atoms with Crippen LogP contribution in [0.1, 0.15) is 86.5 Å². The molecule has 1 fully saturated rings. The van der Waals surface area contributed by atoms with Gasteiger partial charge in [-0.1, -0.05) is 74.0 Å². The van der Waals surface area contributed by atoms with E-state index in [0.29, 0.717) is 0 Å². The van der Waals surface area contributed by atoms with Gasteiger partial charge in [0.1, 0.15) is 0 Å². The lowest BCUT2D eigenvalue weighted by Gasteiger charge is -2.29. The van der Waals surface area contributed by atoms with Crippen molar-refractivity contribution < 1.29 is 4.74 Å². The molecular formula is C26H34O. The normalized spacial score (nSPS) is 20.2. The first-order valence-corrected chi connectivity index (χ1v) is 10.7. The minimum absolute atomic E-state index is 0.721. The highest BCUT2D eigenvalue weighted by atomic mass is 16.5. The van der Waals surface area contributed by atoms with Crippen LogP contribution in [0.2, 0.25) is 0 Å². The summed E-state index contributed by atoms with van der Waals surface area (Å²) >= 11 is 0. The van der Waals surface area contributed by atoms with Crippen LogP contribution in [0.3, 0.4) is 0 Å². The first kappa shape index (κ1) is 19.9. The number of allylic oxidation sites excluding steroid dienone is 1. The lowest BCUT2D eigenvalue weighted by Crippen LogP contribution is -2.12. The number of benzene rings is 2. The molecule has 3 rings (SSSR count). The van der Waals surface area contributed by atoms with Gasteiger partial charge in [0.25, 0.3) is 0 Å². The van der Waals surface area contributed by atoms with Crippen LogP contribution < -0.4 is 0 Å². The fraction of sp³-hybridized carbons (Fsp3) is 0.462. The largest absolute Gasteiger partial charge is 0.377 e. The molecule has 0 radical (unpaired) electrons. The predicted molar refractivity (Wildman–Crippen MR) is 116 cm³/mol. The van der Waals surface area contributed by atoms with Gasteiger partial charge in [-0.3, -0.25) is 0 Å². The first-order valence-electron chi connectivity index (χ1n) is 10.7. The van der Waals surface area contributed by atoms with E-state index in [-0.39, 0.29) is 0 Å². The Hall–Kier alpha value is -1.86. The van der Waals surface area contributed by atoms with Gasteiger partial charge in [-0.05, 0) is 73.1 Å². The standard InChI is InChI=1S/C26H34O/c1-3-5-19-27-20-22-9-13-24(14-10-22)26-17-15-25(16-18-26)23-11-7-21(6-4-2)8-12-23/h4,6-14,25-26H,3,5,15-20H2,1-2H3/b6-4-. The summed E-state index contributed by atoms with van der Waals surface area (Å²) in [7, 11) is 0. The SMILES string of the molecule is C/C=C\c1ccc(C2CCC(c3ccc(COCCCC)cc3)CC2)cc1. The van der Waals surface area contributed by atoms with Gasteiger partial charge in [0.15, 0.2) is 0 Å². The van der Waals surface area contributed by atoms with Crippen LogP contribution >= 0.6 is 0 Å². The average Bonchev–Trinajstić information content (AvgIpc) is 2.73. The Balaban J connectivity index is 1.49. The lowest BCUT2D eigenvalue weighted by molar-refractivity contribution is 0.118. The Labute approximate surface area is 165 Å². The smallest absolute Gasteiger partial charge is 0.0716 e. The molecule has 0 aliphatic heterocycles. The highest BCUT2D eigenvalue weighted by molar-refractivity contribution is 5.49. The zero-order chi connectivity index (χ0) is 18.9. The van der Waals surface area contributed by atoms with E-state index in [1.165, 1.54) is 54.4 Å². The lowest BCUT2D eigenvalue weighted by atomic mass is 9.76. The van der Waals surface area contributed by atoms with Crippen molar-refractivity contribution in [3.63, 3.8) is 0 Å². The van der Waals surface area contributed by atoms with Crippen molar-refractivity contribution in [1.29, 1.82) is 0 Å². The maximum absolute atomic E-state index is 5.73. The van der Waals surface area contributed by atoms with E-state index >= 15 is 0 Å². The van der Waals surface area contributed by atoms with E-state index in [4.69, 9.17) is 4.74 Å². The highest BCUT2D eigenvalue weighted by Crippen LogP contribution is 2.40. The molecule has 0 N–H and O–H groups in total. The van der Waals surface area contributed by atoms with Gasteiger partial charge in [-0.25, -0.2) is 0 Å². The first-order chi connectivity index (χ1) is 13.3. The summed E-state index contributed by atoms with van der Waals surface area (Å²) in [5.74, 6) is 1.45. The zero-order valence-electron chi connectivity index (χ0n) is 17.0. The van der Waals surface area contributed by atoms with Crippen molar-refractivity contribution in [3.05, 3.63) is 76.9 Å². The highest BCUT2D eigenvalue weighted by Gasteiger charge is 2.23. The molecule has 0 unspecified atom stereocenters. The molecule has 1 aliphatic rings. The number of hydrogen-bond donors (Lipinski definition) is 0. The van der Waals surface area contributed by atoms with E-state index < -0.39 is 0 Å². The van der Waals surface area contributed by atoms with E-state index in [1.807, 2.05) is 0 Å². The van der Waals surface area contributed by atoms with Crippen molar-refractivity contribution in [3.8, 4) is 0 Å². The predicted octanol–water partition coefficient (Wildman–Crippen LogP) is 7.48. The van der Waals surface area contributed by atoms with Crippen molar-refractivity contribution in [2.24, 2.45) is 0 Å². The van der Waals surface area contributed by atoms with E-state index in [9.17, 15) is 0 Å². The Kier molecular flexibility index (Phi) is 7.71. The van der Waals surface area contributed by atoms with Crippen molar-refractivity contribution in [2.75, 3.05) is 6.61 Å². The summed E-state index contributed by atoms with van der Waals surface area (Å²) in [4.78, 5) is 0. The van der Waals surface area contributed by atoms with Gasteiger partial charge in [0.2, 0.25) is 0 Å². The third-order valence-corrected chi connectivity index (χ3v) is 5.86. The molecule has 144 valence electrons. The molecule has 2 aromatic rings. The molecule has 0 saturated heterocycles. The quantitative estimate of drug-likeness (QED) is 0.442. The second kappa shape index (κ2) is 10.5. The number of hydrogen-bond acceptors (Lipinski definition) is 1. The summed E-state index contributed by atoms with van der Waals surface area (Å²) in [5.41, 5.74) is 5.62. The molecule has 0 atom stereocenters. The fourth-order valence-corrected chi connectivity index (χ4v) is 4.15. The number of rotatable bonds is 8. The second-order valence-corrected chi connectivity index (χ2v) is 7.86. The molecule has 0 bridgehead atoms. The van der Waals surface area contributed by atoms with Gasteiger partial charge < -0.3 is 4.74 Å². The molecule has 1 nitrogen and oxygen atoms in total. The van der Waals surface area contributed by atoms with Gasteiger partial charge in [0, 0.05) is 6.61 Å². The van der Waals surface area contributed by atoms with E-state index in [2.05, 4.69) is 74.5 Å². The molecule has 1 aliphatic carbocycles. The van der Waals surface area contributed by atoms with Gasteiger partial charge >= 0.3 is 0 Å². The molecule has 0 heterocycles. The Morgan fingerprint density at radius 1 is 0.852 bits per heavy atom. The van der Waals surface area contributed by atoms with Crippen LogP contribution in [0.4, 0.5) is 0 Å². The Bertz CT molecular complexity index is 688. The Morgan fingerprint density at radius 3 is 1.93 bits per heavy atom. The van der Waals surface area contributed by atoms with Crippen LogP contribution in [0, 0.1) is 0 Å². The third kappa shape index (κ3) is 5.81. The molecule has 2 aromatic carbocycles. The van der Waals surface area contributed by atoms with Crippen LogP contribution in [0.25, 0.3) is 6.08 Å². The number of unbranched alkanes of at least 4 members (excludes halogenated alkanes) is 1. The summed E-state index contributed by atoms with van der Waals surface area (Å²) in [6.45, 7) is 5.89. The van der Waals surface area contributed by atoms with Gasteiger partial charge in [-0.2, -0.15) is 0 Å². The second-order valence-electron chi connectivity index (χ2n) is 7.86. The fourth-order valence-electron chi connectivity index (χ4n) is 4.15. The molecule has 1 heteroatoms. The molecule has 1 saturated carbocycles. The zero-order valence-corrected chi connectivity index (χ0v) is 17.0. The van der Waals surface area contributed by atoms with E-state index in [0.717, 1.165) is 31.5 Å². The van der Waals surface area contributed by atoms with Crippen molar-refractivity contribution in [2.45, 2.75) is 70.8 Å². The van der Waals surface area contributed by atoms with E-state index in [1.54, 1.807) is 0 Å². The Morgan fingerprint density at radius 2 is 1.41 bits per heavy atom. The van der Waals surface area contributed by atoms with Crippen LogP contribution in [-0.2, 0) is 11.3 Å². The average molecular weight is 363 g/mol. The van der Waals surface area contributed by atoms with Crippen molar-refractivity contribution >= 4 is 6.08 Å². The van der Waals surface area contributed by atoms with Crippen LogP contribution in [-0.4, -0.2) is 6.61 Å². The van der Waals surface area contributed by atoms with Gasteiger partial charge in [-0.15, -0.1) is 0 Å². The monoisotopic (exact) mass is 362 g/mol. The summed E-state index contributed by atoms with van der Waals surface area (Å²) < 4.78 is 5.73. The van der Waals surface area contributed by atoms with Gasteiger partial charge in [0.05, 0.1) is 6.61 Å². The molecule has 27 heavy (non-hydrogen) atoms. The third-order valence-electron chi connectivity index (χ3n) is 5.86. The number of ether oxygens (including phenoxy) is 1. The topological polar surface area (TPSA) is 9.23 Å². The summed E-state index contributed by atoms with van der Waals surface area (Å²) in [6, 6.07) is 18.3. The molecular weight excluding hydrogens is 328 g/mol. The van der Waals surface area contributed by atoms with Crippen LogP contribution in [0.5, 0.6) is 0 Å². The molecule has 0 spiro atoms. The summed E-state index contributed by atoms with van der Waals surface area (Å²) in [6.07, 6.45) is 11.8. The summed E-state index contributed by atoms with van der Waals surface area (Å²) in [5, 5.41) is 0. The van der Waals surface area contributed by atoms with Crippen molar-refractivity contribution in [1.82, 2.24) is 0 Å². The minimum Gasteiger partial charge on any atom is -0.377 e. The maximum Gasteiger partial charge on any atom is 0.0716 e.